The van der Waals surface area contributed by atoms with Crippen LogP contribution in [-0.4, -0.2) is 23.2 Å². The van der Waals surface area contributed by atoms with Gasteiger partial charge in [0.2, 0.25) is 0 Å². The van der Waals surface area contributed by atoms with Gasteiger partial charge in [-0.15, -0.1) is 0 Å². The van der Waals surface area contributed by atoms with Gasteiger partial charge in [-0.25, -0.2) is 0 Å². The van der Waals surface area contributed by atoms with Gasteiger partial charge in [0.15, 0.2) is 0 Å². The third-order valence-corrected chi connectivity index (χ3v) is 2.83. The monoisotopic (exact) mass is 205 g/mol. The molecule has 80 valence electrons. The summed E-state index contributed by atoms with van der Waals surface area (Å²) in [5.74, 6) is -0.0958. The number of carbonyl (C=O) groups is 1. The lowest BCUT2D eigenvalue weighted by Gasteiger charge is -2.16. The minimum atomic E-state index is -0.377. The Balaban J connectivity index is 1.98. The molecule has 0 unspecified atom stereocenters. The van der Waals surface area contributed by atoms with Crippen molar-refractivity contribution < 1.29 is 9.90 Å². The maximum Gasteiger partial charge on any atom is 0.251 e. The summed E-state index contributed by atoms with van der Waals surface area (Å²) in [4.78, 5) is 11.7. The van der Waals surface area contributed by atoms with Gasteiger partial charge in [-0.1, -0.05) is 18.2 Å². The molecule has 15 heavy (non-hydrogen) atoms. The molecule has 3 heteroatoms. The molecule has 0 aromatic heterocycles. The van der Waals surface area contributed by atoms with Crippen LogP contribution in [0.1, 0.15) is 29.6 Å². The lowest BCUT2D eigenvalue weighted by Crippen LogP contribution is -2.39. The molecule has 1 aliphatic carbocycles. The largest absolute Gasteiger partial charge is 0.391 e. The molecule has 0 spiro atoms. The van der Waals surface area contributed by atoms with Gasteiger partial charge in [-0.05, 0) is 31.4 Å². The molecule has 1 aromatic carbocycles. The van der Waals surface area contributed by atoms with Crippen LogP contribution in [0.5, 0.6) is 0 Å². The van der Waals surface area contributed by atoms with Gasteiger partial charge in [-0.2, -0.15) is 0 Å². The van der Waals surface area contributed by atoms with Gasteiger partial charge >= 0.3 is 0 Å². The van der Waals surface area contributed by atoms with Crippen LogP contribution >= 0.6 is 0 Å². The molecule has 1 aliphatic rings. The summed E-state index contributed by atoms with van der Waals surface area (Å²) < 4.78 is 0. The summed E-state index contributed by atoms with van der Waals surface area (Å²) in [6, 6.07) is 9.02. The predicted octanol–water partition coefficient (Wildman–Crippen LogP) is 1.33. The number of aliphatic hydroxyl groups is 1. The Labute approximate surface area is 89.1 Å². The number of aliphatic hydroxyl groups excluding tert-OH is 1. The van der Waals surface area contributed by atoms with E-state index in [1.165, 1.54) is 0 Å². The maximum atomic E-state index is 11.7. The van der Waals surface area contributed by atoms with Crippen molar-refractivity contribution in [1.29, 1.82) is 0 Å². The highest BCUT2D eigenvalue weighted by molar-refractivity contribution is 5.94. The normalized spacial score (nSPS) is 25.1. The molecule has 1 aromatic rings. The van der Waals surface area contributed by atoms with Gasteiger partial charge in [0.25, 0.3) is 5.91 Å². The first-order chi connectivity index (χ1) is 7.27. The fourth-order valence-corrected chi connectivity index (χ4v) is 1.95. The van der Waals surface area contributed by atoms with Gasteiger partial charge < -0.3 is 10.4 Å². The number of hydrogen-bond acceptors (Lipinski definition) is 2. The second kappa shape index (κ2) is 4.45. The molecule has 3 nitrogen and oxygen atoms in total. The van der Waals surface area contributed by atoms with Crippen molar-refractivity contribution in [2.75, 3.05) is 0 Å². The van der Waals surface area contributed by atoms with E-state index in [1.54, 1.807) is 12.1 Å². The van der Waals surface area contributed by atoms with E-state index in [0.717, 1.165) is 19.3 Å². The Morgan fingerprint density at radius 1 is 1.27 bits per heavy atom. The zero-order valence-electron chi connectivity index (χ0n) is 8.52. The minimum absolute atomic E-state index is 0.0716. The third kappa shape index (κ3) is 2.36. The molecule has 2 atom stereocenters. The van der Waals surface area contributed by atoms with Crippen LogP contribution in [-0.2, 0) is 0 Å². The van der Waals surface area contributed by atoms with E-state index in [2.05, 4.69) is 5.32 Å². The molecule has 0 saturated heterocycles. The summed E-state index contributed by atoms with van der Waals surface area (Å²) in [6.45, 7) is 0. The zero-order valence-corrected chi connectivity index (χ0v) is 8.52. The van der Waals surface area contributed by atoms with Crippen molar-refractivity contribution >= 4 is 5.91 Å². The summed E-state index contributed by atoms with van der Waals surface area (Å²) in [5, 5.41) is 12.4. The van der Waals surface area contributed by atoms with Gasteiger partial charge in [0.05, 0.1) is 12.1 Å². The number of rotatable bonds is 2. The number of carbonyl (C=O) groups excluding carboxylic acids is 1. The molecule has 1 saturated carbocycles. The topological polar surface area (TPSA) is 49.3 Å². The SMILES string of the molecule is O=C(N[C@H]1CCC[C@H]1O)c1ccccc1. The van der Waals surface area contributed by atoms with Crippen molar-refractivity contribution in [3.63, 3.8) is 0 Å². The highest BCUT2D eigenvalue weighted by atomic mass is 16.3. The smallest absolute Gasteiger partial charge is 0.251 e. The lowest BCUT2D eigenvalue weighted by molar-refractivity contribution is 0.0873. The summed E-state index contributed by atoms with van der Waals surface area (Å²) in [5.41, 5.74) is 0.650. The Hall–Kier alpha value is -1.35. The molecule has 2 N–H and O–H groups in total. The average molecular weight is 205 g/mol. The van der Waals surface area contributed by atoms with Crippen molar-refractivity contribution in [3.8, 4) is 0 Å². The zero-order chi connectivity index (χ0) is 10.7. The fourth-order valence-electron chi connectivity index (χ4n) is 1.95. The van der Waals surface area contributed by atoms with Crippen LogP contribution in [0.3, 0.4) is 0 Å². The standard InChI is InChI=1S/C12H15NO2/c14-11-8-4-7-10(11)13-12(15)9-5-2-1-3-6-9/h1-3,5-6,10-11,14H,4,7-8H2,(H,13,15)/t10-,11+/m0/s1. The minimum Gasteiger partial charge on any atom is -0.391 e. The first kappa shape index (κ1) is 10.2. The number of hydrogen-bond donors (Lipinski definition) is 2. The van der Waals surface area contributed by atoms with Gasteiger partial charge in [-0.3, -0.25) is 4.79 Å². The predicted molar refractivity (Wildman–Crippen MR) is 57.6 cm³/mol. The van der Waals surface area contributed by atoms with Gasteiger partial charge in [0.1, 0.15) is 0 Å². The molecule has 1 fully saturated rings. The molecule has 0 radical (unpaired) electrons. The van der Waals surface area contributed by atoms with Crippen LogP contribution in [0, 0.1) is 0 Å². The van der Waals surface area contributed by atoms with Gasteiger partial charge in [0, 0.05) is 5.56 Å². The summed E-state index contributed by atoms with van der Waals surface area (Å²) >= 11 is 0. The first-order valence-corrected chi connectivity index (χ1v) is 5.31. The Morgan fingerprint density at radius 2 is 2.00 bits per heavy atom. The molecule has 1 amide bonds. The average Bonchev–Trinajstić information content (AvgIpc) is 2.66. The fraction of sp³-hybridized carbons (Fsp3) is 0.417. The molecule has 0 aliphatic heterocycles. The van der Waals surface area contributed by atoms with Crippen molar-refractivity contribution in [2.45, 2.75) is 31.4 Å². The lowest BCUT2D eigenvalue weighted by atomic mass is 10.1. The van der Waals surface area contributed by atoms with E-state index in [1.807, 2.05) is 18.2 Å². The molecule has 0 bridgehead atoms. The Morgan fingerprint density at radius 3 is 2.60 bits per heavy atom. The highest BCUT2D eigenvalue weighted by Gasteiger charge is 2.26. The summed E-state index contributed by atoms with van der Waals surface area (Å²) in [6.07, 6.45) is 2.28. The van der Waals surface area contributed by atoms with E-state index >= 15 is 0 Å². The van der Waals surface area contributed by atoms with Crippen LogP contribution in [0.15, 0.2) is 30.3 Å². The summed E-state index contributed by atoms with van der Waals surface area (Å²) in [7, 11) is 0. The second-order valence-electron chi connectivity index (χ2n) is 3.94. The third-order valence-electron chi connectivity index (χ3n) is 2.83. The molecule has 2 rings (SSSR count). The first-order valence-electron chi connectivity index (χ1n) is 5.31. The number of benzene rings is 1. The van der Waals surface area contributed by atoms with E-state index in [0.29, 0.717) is 5.56 Å². The van der Waals surface area contributed by atoms with Crippen LogP contribution in [0.2, 0.25) is 0 Å². The Bertz CT molecular complexity index is 337. The second-order valence-corrected chi connectivity index (χ2v) is 3.94. The van der Waals surface area contributed by atoms with E-state index in [9.17, 15) is 9.90 Å². The van der Waals surface area contributed by atoms with Crippen LogP contribution < -0.4 is 5.32 Å². The van der Waals surface area contributed by atoms with Crippen molar-refractivity contribution in [2.24, 2.45) is 0 Å². The number of amides is 1. The van der Waals surface area contributed by atoms with Crippen molar-refractivity contribution in [1.82, 2.24) is 5.32 Å². The van der Waals surface area contributed by atoms with Crippen molar-refractivity contribution in [3.05, 3.63) is 35.9 Å². The Kier molecular flexibility index (Phi) is 3.02. The maximum absolute atomic E-state index is 11.7. The highest BCUT2D eigenvalue weighted by Crippen LogP contribution is 2.19. The molecular weight excluding hydrogens is 190 g/mol. The molecular formula is C12H15NO2. The quantitative estimate of drug-likeness (QED) is 0.765. The van der Waals surface area contributed by atoms with E-state index in [4.69, 9.17) is 0 Å². The molecule has 0 heterocycles. The number of nitrogens with one attached hydrogen (secondary N) is 1. The van der Waals surface area contributed by atoms with Crippen LogP contribution in [0.4, 0.5) is 0 Å². The van der Waals surface area contributed by atoms with Crippen LogP contribution in [0.25, 0.3) is 0 Å². The van der Waals surface area contributed by atoms with E-state index < -0.39 is 0 Å². The van der Waals surface area contributed by atoms with E-state index in [-0.39, 0.29) is 18.1 Å².